The molecule has 36 heavy (non-hydrogen) atoms. The number of nitrogens with one attached hydrogen (secondary N) is 1. The first-order valence-corrected chi connectivity index (χ1v) is 13.1. The Labute approximate surface area is 223 Å². The molecule has 0 aliphatic rings. The molecule has 0 aliphatic carbocycles. The molecule has 0 radical (unpaired) electrons. The van der Waals surface area contributed by atoms with Crippen LogP contribution >= 0.6 is 15.9 Å². The zero-order valence-electron chi connectivity index (χ0n) is 21.5. The van der Waals surface area contributed by atoms with Crippen LogP contribution in [-0.2, 0) is 22.6 Å². The Hall–Kier alpha value is -3.12. The molecule has 0 aliphatic heterocycles. The number of aryl methyl sites for hydroxylation is 3. The molecule has 3 aromatic rings. The van der Waals surface area contributed by atoms with Crippen LogP contribution < -0.4 is 10.1 Å². The Morgan fingerprint density at radius 2 is 1.58 bits per heavy atom. The van der Waals surface area contributed by atoms with Crippen LogP contribution in [0.3, 0.4) is 0 Å². The summed E-state index contributed by atoms with van der Waals surface area (Å²) in [5.41, 5.74) is 5.17. The fourth-order valence-corrected chi connectivity index (χ4v) is 4.26. The number of carbonyl (C=O) groups excluding carboxylic acids is 2. The highest BCUT2D eigenvalue weighted by Gasteiger charge is 2.30. The first kappa shape index (κ1) is 27.5. The predicted molar refractivity (Wildman–Crippen MR) is 148 cm³/mol. The monoisotopic (exact) mass is 550 g/mol. The van der Waals surface area contributed by atoms with Gasteiger partial charge in [0.25, 0.3) is 5.91 Å². The molecule has 1 N–H and O–H groups in total. The van der Waals surface area contributed by atoms with Crippen LogP contribution in [0.2, 0.25) is 0 Å². The predicted octanol–water partition coefficient (Wildman–Crippen LogP) is 5.92. The van der Waals surface area contributed by atoms with E-state index in [0.717, 1.165) is 38.7 Å². The maximum atomic E-state index is 13.6. The third-order valence-corrected chi connectivity index (χ3v) is 7.32. The Balaban J connectivity index is 1.90. The molecule has 0 heterocycles. The number of halogens is 1. The first-order valence-electron chi connectivity index (χ1n) is 12.3. The van der Waals surface area contributed by atoms with E-state index in [4.69, 9.17) is 4.74 Å². The topological polar surface area (TPSA) is 58.6 Å². The molecular weight excluding hydrogens is 516 g/mol. The summed E-state index contributed by atoms with van der Waals surface area (Å²) in [6.07, 6.45) is 1.24. The second kappa shape index (κ2) is 13.3. The normalized spacial score (nSPS) is 11.6. The molecule has 3 aromatic carbocycles. The molecular formula is C30H35BrN2O3. The van der Waals surface area contributed by atoms with Gasteiger partial charge in [0.05, 0.1) is 0 Å². The van der Waals surface area contributed by atoms with Gasteiger partial charge in [-0.1, -0.05) is 83.0 Å². The van der Waals surface area contributed by atoms with E-state index in [0.29, 0.717) is 25.3 Å². The summed E-state index contributed by atoms with van der Waals surface area (Å²) in [7, 11) is 0. The summed E-state index contributed by atoms with van der Waals surface area (Å²) in [5.74, 6) is 0.241. The van der Waals surface area contributed by atoms with Gasteiger partial charge >= 0.3 is 0 Å². The zero-order chi connectivity index (χ0) is 26.1. The van der Waals surface area contributed by atoms with E-state index < -0.39 is 6.04 Å². The fourth-order valence-electron chi connectivity index (χ4n) is 4.03. The van der Waals surface area contributed by atoms with Gasteiger partial charge in [-0.15, -0.1) is 0 Å². The lowest BCUT2D eigenvalue weighted by Crippen LogP contribution is -2.51. The lowest BCUT2D eigenvalue weighted by atomic mass is 10.0. The van der Waals surface area contributed by atoms with E-state index in [9.17, 15) is 9.59 Å². The lowest BCUT2D eigenvalue weighted by molar-refractivity contribution is -0.142. The minimum absolute atomic E-state index is 0.154. The first-order chi connectivity index (χ1) is 17.3. The number of amides is 2. The van der Waals surface area contributed by atoms with E-state index >= 15 is 0 Å². The van der Waals surface area contributed by atoms with Crippen molar-refractivity contribution in [1.82, 2.24) is 10.2 Å². The largest absolute Gasteiger partial charge is 0.484 e. The van der Waals surface area contributed by atoms with Crippen molar-refractivity contribution in [3.63, 3.8) is 0 Å². The summed E-state index contributed by atoms with van der Waals surface area (Å²) < 4.78 is 6.97. The number of carbonyl (C=O) groups is 2. The van der Waals surface area contributed by atoms with Crippen molar-refractivity contribution < 1.29 is 14.3 Å². The minimum Gasteiger partial charge on any atom is -0.484 e. The number of ether oxygens (including phenoxy) is 1. The number of benzene rings is 3. The van der Waals surface area contributed by atoms with E-state index in [1.54, 1.807) is 4.90 Å². The molecule has 0 unspecified atom stereocenters. The zero-order valence-corrected chi connectivity index (χ0v) is 23.1. The summed E-state index contributed by atoms with van der Waals surface area (Å²) >= 11 is 3.57. The van der Waals surface area contributed by atoms with Gasteiger partial charge in [0.2, 0.25) is 5.91 Å². The van der Waals surface area contributed by atoms with Gasteiger partial charge in [0.15, 0.2) is 6.61 Å². The van der Waals surface area contributed by atoms with Crippen LogP contribution in [0.25, 0.3) is 0 Å². The minimum atomic E-state index is -0.662. The molecule has 6 heteroatoms. The van der Waals surface area contributed by atoms with Crippen molar-refractivity contribution >= 4 is 27.7 Å². The molecule has 0 bridgehead atoms. The molecule has 0 fully saturated rings. The number of nitrogens with zero attached hydrogens (tertiary/aromatic N) is 1. The highest BCUT2D eigenvalue weighted by Crippen LogP contribution is 2.26. The number of hydrogen-bond acceptors (Lipinski definition) is 3. The molecule has 3 rings (SSSR count). The van der Waals surface area contributed by atoms with Crippen LogP contribution in [0.4, 0.5) is 0 Å². The van der Waals surface area contributed by atoms with Crippen LogP contribution in [-0.4, -0.2) is 35.9 Å². The number of hydrogen-bond donors (Lipinski definition) is 1. The Morgan fingerprint density at radius 1 is 0.944 bits per heavy atom. The lowest BCUT2D eigenvalue weighted by Gasteiger charge is -2.31. The van der Waals surface area contributed by atoms with Crippen LogP contribution in [0.5, 0.6) is 5.75 Å². The van der Waals surface area contributed by atoms with Crippen molar-refractivity contribution in [1.29, 1.82) is 0 Å². The summed E-state index contributed by atoms with van der Waals surface area (Å²) in [6, 6.07) is 21.0. The highest BCUT2D eigenvalue weighted by molar-refractivity contribution is 9.10. The molecule has 0 aromatic heterocycles. The third-order valence-electron chi connectivity index (χ3n) is 6.07. The van der Waals surface area contributed by atoms with Gasteiger partial charge < -0.3 is 15.0 Å². The second-order valence-electron chi connectivity index (χ2n) is 9.16. The van der Waals surface area contributed by atoms with E-state index in [2.05, 4.69) is 21.2 Å². The fraction of sp³-hybridized carbons (Fsp3) is 0.333. The average molecular weight is 552 g/mol. The summed E-state index contributed by atoms with van der Waals surface area (Å²) in [4.78, 5) is 28.6. The van der Waals surface area contributed by atoms with Crippen molar-refractivity contribution in [2.75, 3.05) is 13.2 Å². The van der Waals surface area contributed by atoms with Crippen molar-refractivity contribution in [2.45, 2.75) is 53.1 Å². The molecule has 190 valence electrons. The number of rotatable bonds is 11. The Morgan fingerprint density at radius 3 is 2.19 bits per heavy atom. The van der Waals surface area contributed by atoms with E-state index in [-0.39, 0.29) is 18.4 Å². The van der Waals surface area contributed by atoms with Crippen molar-refractivity contribution in [3.05, 3.63) is 99.0 Å². The van der Waals surface area contributed by atoms with E-state index in [1.165, 1.54) is 0 Å². The maximum Gasteiger partial charge on any atom is 0.261 e. The van der Waals surface area contributed by atoms with Gasteiger partial charge in [-0.2, -0.15) is 0 Å². The molecule has 1 atom stereocenters. The van der Waals surface area contributed by atoms with Crippen LogP contribution in [0, 0.1) is 20.8 Å². The van der Waals surface area contributed by atoms with Gasteiger partial charge in [-0.05, 0) is 61.6 Å². The maximum absolute atomic E-state index is 13.6. The smallest absolute Gasteiger partial charge is 0.261 e. The van der Waals surface area contributed by atoms with Gasteiger partial charge in [0.1, 0.15) is 11.8 Å². The Bertz CT molecular complexity index is 1140. The van der Waals surface area contributed by atoms with Crippen molar-refractivity contribution in [2.24, 2.45) is 0 Å². The van der Waals surface area contributed by atoms with Crippen molar-refractivity contribution in [3.8, 4) is 5.75 Å². The molecule has 2 amide bonds. The summed E-state index contributed by atoms with van der Waals surface area (Å²) in [5, 5.41) is 3.00. The average Bonchev–Trinajstić information content (AvgIpc) is 2.88. The second-order valence-corrected chi connectivity index (χ2v) is 9.96. The van der Waals surface area contributed by atoms with Gasteiger partial charge in [-0.3, -0.25) is 9.59 Å². The van der Waals surface area contributed by atoms with Crippen LogP contribution in [0.1, 0.15) is 41.2 Å². The van der Waals surface area contributed by atoms with E-state index in [1.807, 2.05) is 94.4 Å². The SMILES string of the molecule is CCCNC(=O)[C@@H](Cc1ccccc1)N(Cc1ccc(C)cc1)C(=O)COc1cc(C)c(Br)c(C)c1. The van der Waals surface area contributed by atoms with Gasteiger partial charge in [-0.25, -0.2) is 0 Å². The molecule has 0 spiro atoms. The third kappa shape index (κ3) is 7.69. The van der Waals surface area contributed by atoms with Gasteiger partial charge in [0, 0.05) is 24.0 Å². The van der Waals surface area contributed by atoms with Crippen LogP contribution in [0.15, 0.2) is 71.2 Å². The standard InChI is InChI=1S/C30H35BrN2O3/c1-5-15-32-30(35)27(18-24-9-7-6-8-10-24)33(19-25-13-11-21(2)12-14-25)28(34)20-36-26-16-22(3)29(31)23(4)17-26/h6-14,16-17,27H,5,15,18-20H2,1-4H3,(H,32,35)/t27-/m1/s1. The molecule has 5 nitrogen and oxygen atoms in total. The summed E-state index contributed by atoms with van der Waals surface area (Å²) in [6.45, 7) is 8.74. The Kier molecular flexibility index (Phi) is 10.1. The quantitative estimate of drug-likeness (QED) is 0.322. The highest BCUT2D eigenvalue weighted by atomic mass is 79.9. The molecule has 0 saturated heterocycles. The molecule has 0 saturated carbocycles.